The second-order valence-electron chi connectivity index (χ2n) is 5.06. The molecule has 3 aromatic carbocycles. The van der Waals surface area contributed by atoms with Gasteiger partial charge in [-0.3, -0.25) is 0 Å². The zero-order valence-electron chi connectivity index (χ0n) is 11.9. The molecule has 4 aromatic rings. The smallest absolute Gasteiger partial charge is 0.187 e. The Morgan fingerprint density at radius 3 is 2.45 bits per heavy atom. The molecule has 0 fully saturated rings. The number of fused-ring (bicyclic) bond motifs is 1. The summed E-state index contributed by atoms with van der Waals surface area (Å²) < 4.78 is 0. The van der Waals surface area contributed by atoms with E-state index < -0.39 is 0 Å². The average molecular weight is 302 g/mol. The number of nitrogens with zero attached hydrogens (tertiary/aromatic N) is 1. The summed E-state index contributed by atoms with van der Waals surface area (Å²) >= 11 is 1.63. The largest absolute Gasteiger partial charge is 0.331 e. The van der Waals surface area contributed by atoms with E-state index >= 15 is 0 Å². The molecule has 0 amide bonds. The quantitative estimate of drug-likeness (QED) is 0.524. The van der Waals surface area contributed by atoms with Crippen molar-refractivity contribution in [2.75, 3.05) is 5.32 Å². The molecule has 0 bridgehead atoms. The molecule has 1 heterocycles. The van der Waals surface area contributed by atoms with E-state index in [1.54, 1.807) is 11.3 Å². The lowest BCUT2D eigenvalue weighted by Crippen LogP contribution is -1.90. The molecule has 0 saturated carbocycles. The predicted octanol–water partition coefficient (Wildman–Crippen LogP) is 5.71. The Morgan fingerprint density at radius 1 is 0.773 bits per heavy atom. The van der Waals surface area contributed by atoms with Crippen molar-refractivity contribution in [2.24, 2.45) is 0 Å². The third kappa shape index (κ3) is 2.47. The molecule has 0 aliphatic heterocycles. The van der Waals surface area contributed by atoms with Crippen LogP contribution in [0.25, 0.3) is 22.0 Å². The third-order valence-corrected chi connectivity index (χ3v) is 4.36. The van der Waals surface area contributed by atoms with Crippen LogP contribution in [0, 0.1) is 0 Å². The first kappa shape index (κ1) is 13.0. The van der Waals surface area contributed by atoms with E-state index in [0.717, 1.165) is 22.1 Å². The van der Waals surface area contributed by atoms with Crippen molar-refractivity contribution >= 4 is 32.9 Å². The molecular formula is C19H14N2S. The van der Waals surface area contributed by atoms with Crippen LogP contribution in [0.4, 0.5) is 10.8 Å². The minimum Gasteiger partial charge on any atom is -0.331 e. The van der Waals surface area contributed by atoms with Gasteiger partial charge in [0, 0.05) is 22.0 Å². The summed E-state index contributed by atoms with van der Waals surface area (Å²) in [5, 5.41) is 8.88. The Balaban J connectivity index is 1.68. The highest BCUT2D eigenvalue weighted by Gasteiger charge is 2.06. The first-order chi connectivity index (χ1) is 10.9. The van der Waals surface area contributed by atoms with Gasteiger partial charge in [0.15, 0.2) is 5.13 Å². The predicted molar refractivity (Wildman–Crippen MR) is 94.8 cm³/mol. The molecule has 4 rings (SSSR count). The zero-order valence-corrected chi connectivity index (χ0v) is 12.7. The van der Waals surface area contributed by atoms with Crippen LogP contribution in [-0.2, 0) is 0 Å². The van der Waals surface area contributed by atoms with Gasteiger partial charge in [0.05, 0.1) is 5.69 Å². The summed E-state index contributed by atoms with van der Waals surface area (Å²) in [6, 6.07) is 24.9. The topological polar surface area (TPSA) is 24.9 Å². The Kier molecular flexibility index (Phi) is 3.33. The molecule has 0 saturated heterocycles. The molecule has 0 aliphatic rings. The molecule has 0 atom stereocenters. The van der Waals surface area contributed by atoms with Gasteiger partial charge in [0.25, 0.3) is 0 Å². The second kappa shape index (κ2) is 5.62. The van der Waals surface area contributed by atoms with Gasteiger partial charge < -0.3 is 5.32 Å². The van der Waals surface area contributed by atoms with Gasteiger partial charge in [-0.25, -0.2) is 4.98 Å². The van der Waals surface area contributed by atoms with Crippen molar-refractivity contribution in [1.82, 2.24) is 4.98 Å². The fourth-order valence-corrected chi connectivity index (χ4v) is 3.25. The van der Waals surface area contributed by atoms with Crippen LogP contribution in [0.5, 0.6) is 0 Å². The van der Waals surface area contributed by atoms with Crippen molar-refractivity contribution in [3.8, 4) is 11.3 Å². The molecule has 0 aliphatic carbocycles. The molecule has 106 valence electrons. The van der Waals surface area contributed by atoms with Crippen LogP contribution in [-0.4, -0.2) is 4.98 Å². The van der Waals surface area contributed by atoms with Crippen molar-refractivity contribution in [1.29, 1.82) is 0 Å². The van der Waals surface area contributed by atoms with Crippen molar-refractivity contribution in [3.05, 3.63) is 78.2 Å². The van der Waals surface area contributed by atoms with Crippen LogP contribution in [0.3, 0.4) is 0 Å². The van der Waals surface area contributed by atoms with Crippen LogP contribution >= 0.6 is 11.3 Å². The molecule has 0 unspecified atom stereocenters. The number of hydrogen-bond donors (Lipinski definition) is 1. The van der Waals surface area contributed by atoms with Gasteiger partial charge in [-0.05, 0) is 11.5 Å². The number of aromatic nitrogens is 1. The van der Waals surface area contributed by atoms with E-state index in [0.29, 0.717) is 0 Å². The van der Waals surface area contributed by atoms with Gasteiger partial charge in [-0.2, -0.15) is 0 Å². The summed E-state index contributed by atoms with van der Waals surface area (Å²) in [5.41, 5.74) is 3.24. The minimum absolute atomic E-state index is 0.912. The lowest BCUT2D eigenvalue weighted by molar-refractivity contribution is 1.39. The molecule has 0 spiro atoms. The van der Waals surface area contributed by atoms with Crippen LogP contribution in [0.1, 0.15) is 0 Å². The fraction of sp³-hybridized carbons (Fsp3) is 0. The average Bonchev–Trinajstić information content (AvgIpc) is 3.05. The molecule has 1 N–H and O–H groups in total. The van der Waals surface area contributed by atoms with E-state index in [4.69, 9.17) is 0 Å². The van der Waals surface area contributed by atoms with E-state index in [9.17, 15) is 0 Å². The van der Waals surface area contributed by atoms with E-state index in [1.165, 1.54) is 10.8 Å². The van der Waals surface area contributed by atoms with Gasteiger partial charge >= 0.3 is 0 Å². The van der Waals surface area contributed by atoms with Crippen molar-refractivity contribution in [3.63, 3.8) is 0 Å². The minimum atomic E-state index is 0.912. The van der Waals surface area contributed by atoms with E-state index in [1.807, 2.05) is 18.2 Å². The first-order valence-corrected chi connectivity index (χ1v) is 8.04. The van der Waals surface area contributed by atoms with Gasteiger partial charge in [0.2, 0.25) is 0 Å². The number of hydrogen-bond acceptors (Lipinski definition) is 3. The maximum absolute atomic E-state index is 4.69. The zero-order chi connectivity index (χ0) is 14.8. The lowest BCUT2D eigenvalue weighted by Gasteiger charge is -2.06. The van der Waals surface area contributed by atoms with Crippen LogP contribution < -0.4 is 5.32 Å². The second-order valence-corrected chi connectivity index (χ2v) is 5.91. The monoisotopic (exact) mass is 302 g/mol. The van der Waals surface area contributed by atoms with Gasteiger partial charge in [-0.1, -0.05) is 66.7 Å². The molecule has 3 heteroatoms. The number of thiazole rings is 1. The number of rotatable bonds is 3. The van der Waals surface area contributed by atoms with Crippen LogP contribution in [0.2, 0.25) is 0 Å². The summed E-state index contributed by atoms with van der Waals surface area (Å²) in [7, 11) is 0. The first-order valence-electron chi connectivity index (χ1n) is 7.16. The molecular weight excluding hydrogens is 288 g/mol. The maximum atomic E-state index is 4.69. The normalized spacial score (nSPS) is 10.7. The maximum Gasteiger partial charge on any atom is 0.187 e. The lowest BCUT2D eigenvalue weighted by atomic mass is 10.1. The van der Waals surface area contributed by atoms with Crippen molar-refractivity contribution < 1.29 is 0 Å². The Bertz CT molecular complexity index is 908. The summed E-state index contributed by atoms with van der Waals surface area (Å²) in [5.74, 6) is 0. The summed E-state index contributed by atoms with van der Waals surface area (Å²) in [4.78, 5) is 4.69. The number of benzene rings is 3. The third-order valence-electron chi connectivity index (χ3n) is 3.60. The Hall–Kier alpha value is -2.65. The van der Waals surface area contributed by atoms with Gasteiger partial charge in [-0.15, -0.1) is 11.3 Å². The number of nitrogens with one attached hydrogen (secondary N) is 1. The molecule has 2 nitrogen and oxygen atoms in total. The SMILES string of the molecule is c1ccc(-c2csc(Nc3cccc4ccccc34)n2)cc1. The number of anilines is 2. The van der Waals surface area contributed by atoms with Crippen LogP contribution in [0.15, 0.2) is 78.2 Å². The highest BCUT2D eigenvalue weighted by atomic mass is 32.1. The summed E-state index contributed by atoms with van der Waals surface area (Å²) in [6.07, 6.45) is 0. The fourth-order valence-electron chi connectivity index (χ4n) is 2.52. The van der Waals surface area contributed by atoms with E-state index in [-0.39, 0.29) is 0 Å². The van der Waals surface area contributed by atoms with Gasteiger partial charge in [0.1, 0.15) is 0 Å². The Labute approximate surface area is 133 Å². The molecule has 1 aromatic heterocycles. The Morgan fingerprint density at radius 2 is 1.55 bits per heavy atom. The molecule has 22 heavy (non-hydrogen) atoms. The highest BCUT2D eigenvalue weighted by molar-refractivity contribution is 7.14. The van der Waals surface area contributed by atoms with E-state index in [2.05, 4.69) is 70.3 Å². The highest BCUT2D eigenvalue weighted by Crippen LogP contribution is 2.30. The summed E-state index contributed by atoms with van der Waals surface area (Å²) in [6.45, 7) is 0. The standard InChI is InChI=1S/C19H14N2S/c1-2-8-15(9-3-1)18-13-22-19(21-18)20-17-12-6-10-14-7-4-5-11-16(14)17/h1-13H,(H,20,21). The van der Waals surface area contributed by atoms with Crippen molar-refractivity contribution in [2.45, 2.75) is 0 Å². The molecule has 0 radical (unpaired) electrons.